The van der Waals surface area contributed by atoms with Gasteiger partial charge < -0.3 is 19.8 Å². The van der Waals surface area contributed by atoms with Crippen LogP contribution in [-0.2, 0) is 25.6 Å². The number of hydrogen-bond acceptors (Lipinski definition) is 10. The number of ether oxygens (including phenoxy) is 2. The van der Waals surface area contributed by atoms with Crippen molar-refractivity contribution in [1.82, 2.24) is 24.8 Å². The molecule has 0 aliphatic heterocycles. The van der Waals surface area contributed by atoms with Crippen molar-refractivity contribution in [2.45, 2.75) is 143 Å². The number of nitrogens with two attached hydrogens (primary N) is 1. The molecular weight excluding hydrogens is 672 g/mol. The minimum atomic E-state index is -0.676. The van der Waals surface area contributed by atoms with Crippen LogP contribution in [-0.4, -0.2) is 63.0 Å². The summed E-state index contributed by atoms with van der Waals surface area (Å²) in [5, 5.41) is 3.06. The number of esters is 2. The Labute approximate surface area is 315 Å². The summed E-state index contributed by atoms with van der Waals surface area (Å²) in [7, 11) is 0. The van der Waals surface area contributed by atoms with Crippen molar-refractivity contribution < 1.29 is 23.9 Å². The lowest BCUT2D eigenvalue weighted by Crippen LogP contribution is -2.44. The molecule has 2 aromatic heterocycles. The van der Waals surface area contributed by atoms with E-state index >= 15 is 0 Å². The second-order valence-electron chi connectivity index (χ2n) is 14.6. The molecule has 0 bridgehead atoms. The predicted molar refractivity (Wildman–Crippen MR) is 210 cm³/mol. The number of rotatable bonds is 29. The second kappa shape index (κ2) is 25.0. The average molecular weight is 737 g/mol. The lowest BCUT2D eigenvalue weighted by Gasteiger charge is -2.22. The Bertz CT molecular complexity index is 1560. The highest BCUT2D eigenvalue weighted by molar-refractivity contribution is 5.97. The van der Waals surface area contributed by atoms with Crippen LogP contribution in [0.4, 0.5) is 5.95 Å². The normalized spacial score (nSPS) is 12.6. The predicted octanol–water partition coefficient (Wildman–Crippen LogP) is 7.55. The van der Waals surface area contributed by atoms with Crippen molar-refractivity contribution in [1.29, 1.82) is 0 Å². The third kappa shape index (κ3) is 16.7. The van der Waals surface area contributed by atoms with Gasteiger partial charge in [0.2, 0.25) is 5.95 Å². The fourth-order valence-electron chi connectivity index (χ4n) is 6.47. The fourth-order valence-corrected chi connectivity index (χ4v) is 6.47. The van der Waals surface area contributed by atoms with Crippen LogP contribution in [0, 0.1) is 11.8 Å². The summed E-state index contributed by atoms with van der Waals surface area (Å²) in [4.78, 5) is 61.7. The Morgan fingerprint density at radius 2 is 1.47 bits per heavy atom. The third-order valence-electron chi connectivity index (χ3n) is 9.68. The van der Waals surface area contributed by atoms with Gasteiger partial charge in [0.1, 0.15) is 6.04 Å². The molecule has 0 unspecified atom stereocenters. The summed E-state index contributed by atoms with van der Waals surface area (Å²) in [5.74, 6) is -1.24. The summed E-state index contributed by atoms with van der Waals surface area (Å²) < 4.78 is 13.1. The van der Waals surface area contributed by atoms with Crippen LogP contribution >= 0.6 is 0 Å². The number of aromatic nitrogens is 4. The van der Waals surface area contributed by atoms with E-state index in [4.69, 9.17) is 15.2 Å². The molecule has 0 spiro atoms. The summed E-state index contributed by atoms with van der Waals surface area (Å²) in [5.41, 5.74) is 6.40. The first-order valence-electron chi connectivity index (χ1n) is 20.0. The molecule has 4 N–H and O–H groups in total. The van der Waals surface area contributed by atoms with Crippen LogP contribution < -0.4 is 16.6 Å². The van der Waals surface area contributed by atoms with E-state index in [1.807, 2.05) is 19.9 Å². The number of imidazole rings is 1. The van der Waals surface area contributed by atoms with E-state index in [0.717, 1.165) is 19.3 Å². The Hall–Kier alpha value is -4.06. The number of nitrogens with one attached hydrogen (secondary N) is 2. The molecule has 0 amide bonds. The number of nitrogen functional groups attached to an aromatic ring is 1. The Morgan fingerprint density at radius 3 is 2.08 bits per heavy atom. The van der Waals surface area contributed by atoms with Gasteiger partial charge in [-0.2, -0.15) is 4.98 Å². The number of hydrogen-bond donors (Lipinski definition) is 3. The first-order chi connectivity index (χ1) is 25.7. The van der Waals surface area contributed by atoms with Gasteiger partial charge in [-0.25, -0.2) is 4.98 Å². The van der Waals surface area contributed by atoms with Gasteiger partial charge in [-0.15, -0.1) is 0 Å². The molecule has 0 aliphatic carbocycles. The number of fused-ring (bicyclic) bond motifs is 1. The minimum absolute atomic E-state index is 0.00284. The third-order valence-corrected chi connectivity index (χ3v) is 9.68. The number of benzene rings is 1. The Morgan fingerprint density at radius 1 is 0.868 bits per heavy atom. The number of nitrogens with zero attached hydrogens (tertiary/aromatic N) is 3. The van der Waals surface area contributed by atoms with E-state index in [0.29, 0.717) is 30.6 Å². The van der Waals surface area contributed by atoms with Gasteiger partial charge in [-0.3, -0.25) is 29.5 Å². The molecule has 0 radical (unpaired) electrons. The van der Waals surface area contributed by atoms with E-state index in [9.17, 15) is 19.2 Å². The van der Waals surface area contributed by atoms with E-state index in [1.54, 1.807) is 28.8 Å². The summed E-state index contributed by atoms with van der Waals surface area (Å²) in [6, 6.07) is 8.24. The molecule has 3 rings (SSSR count). The van der Waals surface area contributed by atoms with Gasteiger partial charge in [0.15, 0.2) is 16.9 Å². The van der Waals surface area contributed by atoms with Crippen LogP contribution in [0.5, 0.6) is 0 Å². The van der Waals surface area contributed by atoms with Crippen molar-refractivity contribution in [2.24, 2.45) is 11.8 Å². The maximum atomic E-state index is 13.1. The SMILES string of the molecule is CCCCCCCCCCCCCCCCCC(=O)OC[C@H](CCOC(=O)[C@H](NCC(=O)c1ccccc1)C(C)C)Cn1cnc2c(=O)[nH]c(N)nc21. The molecule has 0 aliphatic rings. The highest BCUT2D eigenvalue weighted by Gasteiger charge is 2.25. The lowest BCUT2D eigenvalue weighted by molar-refractivity contribution is -0.150. The van der Waals surface area contributed by atoms with Crippen molar-refractivity contribution in [3.63, 3.8) is 0 Å². The zero-order valence-electron chi connectivity index (χ0n) is 32.4. The van der Waals surface area contributed by atoms with Crippen LogP contribution in [0.1, 0.15) is 140 Å². The summed E-state index contributed by atoms with van der Waals surface area (Å²) in [6.45, 7) is 6.52. The molecular formula is C41H64N6O6. The highest BCUT2D eigenvalue weighted by Crippen LogP contribution is 2.17. The molecule has 0 fully saturated rings. The number of carbonyl (C=O) groups is 3. The topological polar surface area (TPSA) is 171 Å². The van der Waals surface area contributed by atoms with Crippen LogP contribution in [0.3, 0.4) is 0 Å². The monoisotopic (exact) mass is 736 g/mol. The standard InChI is InChI=1S/C41H64N6O6/c1-4-5-6-7-8-9-10-11-12-13-14-15-16-17-21-24-35(49)53-29-32(28-47-30-44-37-38(47)45-41(42)46-39(37)50)25-26-52-40(51)36(31(2)3)43-27-34(48)33-22-19-18-20-23-33/h18-20,22-23,30-32,36,43H,4-17,21,24-29H2,1-3H3,(H3,42,45,46,50)/t32-,36-/m1/s1. The maximum absolute atomic E-state index is 13.1. The van der Waals surface area contributed by atoms with Crippen molar-refractivity contribution >= 4 is 34.8 Å². The maximum Gasteiger partial charge on any atom is 0.323 e. The Kier molecular flexibility index (Phi) is 20.5. The molecule has 0 saturated heterocycles. The van der Waals surface area contributed by atoms with Gasteiger partial charge in [-0.05, 0) is 18.8 Å². The van der Waals surface area contributed by atoms with Crippen LogP contribution in [0.15, 0.2) is 41.5 Å². The Balaban J connectivity index is 1.42. The largest absolute Gasteiger partial charge is 0.465 e. The van der Waals surface area contributed by atoms with Gasteiger partial charge in [0, 0.05) is 24.4 Å². The van der Waals surface area contributed by atoms with Gasteiger partial charge in [0.25, 0.3) is 5.56 Å². The number of aromatic amines is 1. The van der Waals surface area contributed by atoms with E-state index in [1.165, 1.54) is 83.4 Å². The van der Waals surface area contributed by atoms with Gasteiger partial charge in [-0.1, -0.05) is 141 Å². The van der Waals surface area contributed by atoms with E-state index in [-0.39, 0.29) is 54.8 Å². The number of H-pyrrole nitrogens is 1. The first-order valence-corrected chi connectivity index (χ1v) is 20.0. The van der Waals surface area contributed by atoms with Gasteiger partial charge >= 0.3 is 11.9 Å². The molecule has 12 heteroatoms. The van der Waals surface area contributed by atoms with Crippen molar-refractivity contribution in [2.75, 3.05) is 25.5 Å². The average Bonchev–Trinajstić information content (AvgIpc) is 3.54. The van der Waals surface area contributed by atoms with Crippen LogP contribution in [0.25, 0.3) is 11.2 Å². The molecule has 1 aromatic carbocycles. The lowest BCUT2D eigenvalue weighted by atomic mass is 10.0. The molecule has 2 heterocycles. The number of carbonyl (C=O) groups excluding carboxylic acids is 3. The number of ketones is 1. The molecule has 12 nitrogen and oxygen atoms in total. The first kappa shape index (κ1) is 43.3. The molecule has 2 atom stereocenters. The van der Waals surface area contributed by atoms with Gasteiger partial charge in [0.05, 0.1) is 26.1 Å². The second-order valence-corrected chi connectivity index (χ2v) is 14.6. The van der Waals surface area contributed by atoms with E-state index in [2.05, 4.69) is 27.2 Å². The minimum Gasteiger partial charge on any atom is -0.465 e. The number of unbranched alkanes of at least 4 members (excludes halogenated alkanes) is 14. The van der Waals surface area contributed by atoms with Crippen LogP contribution in [0.2, 0.25) is 0 Å². The summed E-state index contributed by atoms with van der Waals surface area (Å²) in [6.07, 6.45) is 21.1. The van der Waals surface area contributed by atoms with Crippen molar-refractivity contribution in [3.05, 3.63) is 52.6 Å². The highest BCUT2D eigenvalue weighted by atomic mass is 16.5. The molecule has 53 heavy (non-hydrogen) atoms. The molecule has 294 valence electrons. The zero-order chi connectivity index (χ0) is 38.3. The smallest absolute Gasteiger partial charge is 0.323 e. The van der Waals surface area contributed by atoms with E-state index < -0.39 is 17.6 Å². The number of Topliss-reactive ketones (excluding diaryl/α,β-unsaturated/α-hetero) is 1. The molecule has 0 saturated carbocycles. The summed E-state index contributed by atoms with van der Waals surface area (Å²) >= 11 is 0. The fraction of sp³-hybridized carbons (Fsp3) is 0.659. The molecule has 3 aromatic rings. The van der Waals surface area contributed by atoms with Crippen molar-refractivity contribution in [3.8, 4) is 0 Å². The number of anilines is 1. The zero-order valence-corrected chi connectivity index (χ0v) is 32.4. The quantitative estimate of drug-likeness (QED) is 0.0367.